The molecule has 0 saturated carbocycles. The summed E-state index contributed by atoms with van der Waals surface area (Å²) >= 11 is 0. The highest BCUT2D eigenvalue weighted by molar-refractivity contribution is 5.76. The van der Waals surface area contributed by atoms with Crippen molar-refractivity contribution < 1.29 is 0 Å². The van der Waals surface area contributed by atoms with Crippen LogP contribution in [0.3, 0.4) is 0 Å². The Kier molecular flexibility index (Phi) is 3.20. The average molecular weight is 231 g/mol. The number of aryl methyl sites for hydroxylation is 1. The third kappa shape index (κ3) is 2.67. The van der Waals surface area contributed by atoms with Gasteiger partial charge in [0.15, 0.2) is 0 Å². The van der Waals surface area contributed by atoms with Gasteiger partial charge in [-0.15, -0.1) is 0 Å². The van der Waals surface area contributed by atoms with Crippen molar-refractivity contribution in [3.8, 4) is 0 Å². The van der Waals surface area contributed by atoms with Gasteiger partial charge in [0, 0.05) is 6.42 Å². The maximum absolute atomic E-state index is 5.51. The van der Waals surface area contributed by atoms with E-state index in [9.17, 15) is 0 Å². The van der Waals surface area contributed by atoms with Crippen LogP contribution in [0.5, 0.6) is 0 Å². The molecular weight excluding hydrogens is 210 g/mol. The van der Waals surface area contributed by atoms with Gasteiger partial charge in [-0.05, 0) is 36.1 Å². The van der Waals surface area contributed by atoms with Gasteiger partial charge in [0.05, 0.1) is 11.0 Å². The summed E-state index contributed by atoms with van der Waals surface area (Å²) in [5, 5.41) is 0. The lowest BCUT2D eigenvalue weighted by atomic mass is 9.87. The van der Waals surface area contributed by atoms with Gasteiger partial charge >= 0.3 is 0 Å². The quantitative estimate of drug-likeness (QED) is 0.853. The van der Waals surface area contributed by atoms with Crippen LogP contribution in [0, 0.1) is 0 Å². The van der Waals surface area contributed by atoms with Crippen molar-refractivity contribution in [2.45, 2.75) is 39.0 Å². The first kappa shape index (κ1) is 12.1. The molecule has 0 radical (unpaired) electrons. The molecule has 0 fully saturated rings. The van der Waals surface area contributed by atoms with Gasteiger partial charge in [-0.25, -0.2) is 4.98 Å². The van der Waals surface area contributed by atoms with Crippen LogP contribution < -0.4 is 5.73 Å². The first-order chi connectivity index (χ1) is 8.00. The Balaban J connectivity index is 2.34. The zero-order chi connectivity index (χ0) is 12.5. The van der Waals surface area contributed by atoms with Crippen LogP contribution in [0.2, 0.25) is 0 Å². The molecule has 3 nitrogen and oxygen atoms in total. The molecule has 0 spiro atoms. The number of hydrogen-bond acceptors (Lipinski definition) is 2. The number of benzene rings is 1. The number of imidazole rings is 1. The Hall–Kier alpha value is -1.35. The molecule has 1 aromatic carbocycles. The molecule has 0 unspecified atom stereocenters. The fourth-order valence-corrected chi connectivity index (χ4v) is 1.92. The Labute approximate surface area is 102 Å². The van der Waals surface area contributed by atoms with E-state index in [2.05, 4.69) is 48.9 Å². The molecule has 3 N–H and O–H groups in total. The molecule has 92 valence electrons. The van der Waals surface area contributed by atoms with Gasteiger partial charge in [-0.1, -0.05) is 26.8 Å². The van der Waals surface area contributed by atoms with Gasteiger partial charge in [0.1, 0.15) is 5.82 Å². The highest BCUT2D eigenvalue weighted by Crippen LogP contribution is 2.25. The minimum absolute atomic E-state index is 0.177. The van der Waals surface area contributed by atoms with E-state index in [0.717, 1.165) is 29.7 Å². The van der Waals surface area contributed by atoms with Crippen molar-refractivity contribution in [3.63, 3.8) is 0 Å². The molecule has 0 saturated heterocycles. The molecule has 0 aliphatic rings. The summed E-state index contributed by atoms with van der Waals surface area (Å²) in [5.41, 5.74) is 9.20. The highest BCUT2D eigenvalue weighted by Gasteiger charge is 2.14. The Morgan fingerprint density at radius 2 is 2.06 bits per heavy atom. The second-order valence-electron chi connectivity index (χ2n) is 5.56. The number of H-pyrrole nitrogens is 1. The lowest BCUT2D eigenvalue weighted by Gasteiger charge is -2.18. The Morgan fingerprint density at radius 1 is 1.29 bits per heavy atom. The van der Waals surface area contributed by atoms with E-state index in [1.165, 1.54) is 5.56 Å². The third-order valence-corrected chi connectivity index (χ3v) is 3.01. The van der Waals surface area contributed by atoms with Gasteiger partial charge in [0.25, 0.3) is 0 Å². The van der Waals surface area contributed by atoms with E-state index in [4.69, 9.17) is 5.73 Å². The minimum atomic E-state index is 0.177. The van der Waals surface area contributed by atoms with Crippen LogP contribution in [0.1, 0.15) is 38.6 Å². The predicted molar refractivity (Wildman–Crippen MR) is 72.2 cm³/mol. The van der Waals surface area contributed by atoms with Crippen molar-refractivity contribution >= 4 is 11.0 Å². The van der Waals surface area contributed by atoms with E-state index in [-0.39, 0.29) is 5.41 Å². The fourth-order valence-electron chi connectivity index (χ4n) is 1.92. The minimum Gasteiger partial charge on any atom is -0.342 e. The molecule has 2 rings (SSSR count). The van der Waals surface area contributed by atoms with Crippen LogP contribution in [-0.2, 0) is 11.8 Å². The number of aromatic amines is 1. The maximum atomic E-state index is 5.51. The topological polar surface area (TPSA) is 54.7 Å². The molecular formula is C14H21N3. The summed E-state index contributed by atoms with van der Waals surface area (Å²) in [6.45, 7) is 7.38. The van der Waals surface area contributed by atoms with Crippen LogP contribution in [0.4, 0.5) is 0 Å². The van der Waals surface area contributed by atoms with Gasteiger partial charge in [-0.2, -0.15) is 0 Å². The number of rotatable bonds is 3. The number of nitrogens with two attached hydrogens (primary N) is 1. The van der Waals surface area contributed by atoms with Gasteiger partial charge in [-0.3, -0.25) is 0 Å². The standard InChI is InChI=1S/C14H21N3/c1-14(2,3)10-6-7-11-12(9-10)17-13(16-11)5-4-8-15/h6-7,9H,4-5,8,15H2,1-3H3,(H,16,17). The van der Waals surface area contributed by atoms with Crippen LogP contribution in [0.15, 0.2) is 18.2 Å². The van der Waals surface area contributed by atoms with E-state index >= 15 is 0 Å². The maximum Gasteiger partial charge on any atom is 0.107 e. The monoisotopic (exact) mass is 231 g/mol. The number of hydrogen-bond donors (Lipinski definition) is 2. The molecule has 0 amide bonds. The van der Waals surface area contributed by atoms with Crippen molar-refractivity contribution in [1.82, 2.24) is 9.97 Å². The molecule has 2 aromatic rings. The lowest BCUT2D eigenvalue weighted by Crippen LogP contribution is -2.10. The molecule has 3 heteroatoms. The largest absolute Gasteiger partial charge is 0.342 e. The summed E-state index contributed by atoms with van der Waals surface area (Å²) in [7, 11) is 0. The van der Waals surface area contributed by atoms with Crippen molar-refractivity contribution in [1.29, 1.82) is 0 Å². The van der Waals surface area contributed by atoms with Crippen molar-refractivity contribution in [3.05, 3.63) is 29.6 Å². The Bertz CT molecular complexity index is 506. The van der Waals surface area contributed by atoms with Gasteiger partial charge < -0.3 is 10.7 Å². The van der Waals surface area contributed by atoms with Crippen LogP contribution >= 0.6 is 0 Å². The molecule has 17 heavy (non-hydrogen) atoms. The highest BCUT2D eigenvalue weighted by atomic mass is 14.9. The SMILES string of the molecule is CC(C)(C)c1ccc2nc(CCCN)[nH]c2c1. The Morgan fingerprint density at radius 3 is 2.71 bits per heavy atom. The second-order valence-corrected chi connectivity index (χ2v) is 5.56. The molecule has 1 heterocycles. The molecule has 0 bridgehead atoms. The van der Waals surface area contributed by atoms with Crippen molar-refractivity contribution in [2.24, 2.45) is 5.73 Å². The molecule has 0 aliphatic carbocycles. The summed E-state index contributed by atoms with van der Waals surface area (Å²) < 4.78 is 0. The predicted octanol–water partition coefficient (Wildman–Crippen LogP) is 2.75. The number of nitrogens with zero attached hydrogens (tertiary/aromatic N) is 1. The first-order valence-electron chi connectivity index (χ1n) is 6.20. The summed E-state index contributed by atoms with van der Waals surface area (Å²) in [4.78, 5) is 7.94. The third-order valence-electron chi connectivity index (χ3n) is 3.01. The van der Waals surface area contributed by atoms with E-state index < -0.39 is 0 Å². The smallest absolute Gasteiger partial charge is 0.107 e. The zero-order valence-electron chi connectivity index (χ0n) is 10.9. The second kappa shape index (κ2) is 4.49. The summed E-state index contributed by atoms with van der Waals surface area (Å²) in [5.74, 6) is 1.04. The normalized spacial score (nSPS) is 12.2. The van der Waals surface area contributed by atoms with Crippen LogP contribution in [-0.4, -0.2) is 16.5 Å². The van der Waals surface area contributed by atoms with E-state index in [1.807, 2.05) is 0 Å². The lowest BCUT2D eigenvalue weighted by molar-refractivity contribution is 0.591. The summed E-state index contributed by atoms with van der Waals surface area (Å²) in [6, 6.07) is 6.46. The van der Waals surface area contributed by atoms with Crippen LogP contribution in [0.25, 0.3) is 11.0 Å². The molecule has 1 aromatic heterocycles. The van der Waals surface area contributed by atoms with Crippen molar-refractivity contribution in [2.75, 3.05) is 6.54 Å². The number of aromatic nitrogens is 2. The molecule has 0 atom stereocenters. The number of fused-ring (bicyclic) bond motifs is 1. The van der Waals surface area contributed by atoms with E-state index in [0.29, 0.717) is 6.54 Å². The average Bonchev–Trinajstić information content (AvgIpc) is 2.66. The van der Waals surface area contributed by atoms with E-state index in [1.54, 1.807) is 0 Å². The first-order valence-corrected chi connectivity index (χ1v) is 6.20. The molecule has 0 aliphatic heterocycles. The number of nitrogens with one attached hydrogen (secondary N) is 1. The van der Waals surface area contributed by atoms with Gasteiger partial charge in [0.2, 0.25) is 0 Å². The zero-order valence-corrected chi connectivity index (χ0v) is 10.9. The summed E-state index contributed by atoms with van der Waals surface area (Å²) in [6.07, 6.45) is 1.90. The fraction of sp³-hybridized carbons (Fsp3) is 0.500.